The molecule has 0 amide bonds. The molecule has 0 bridgehead atoms. The second-order valence-electron chi connectivity index (χ2n) is 3.36. The Hall–Kier alpha value is -0.900. The third kappa shape index (κ3) is 2.06. The molecule has 0 radical (unpaired) electrons. The van der Waals surface area contributed by atoms with Crippen molar-refractivity contribution in [3.8, 4) is 0 Å². The summed E-state index contributed by atoms with van der Waals surface area (Å²) in [5.41, 5.74) is 0. The molecule has 74 valence electrons. The van der Waals surface area contributed by atoms with Crippen molar-refractivity contribution in [3.63, 3.8) is 0 Å². The summed E-state index contributed by atoms with van der Waals surface area (Å²) in [6.45, 7) is 0. The number of methoxy groups -OCH3 is 1. The second kappa shape index (κ2) is 4.37. The van der Waals surface area contributed by atoms with Crippen LogP contribution >= 0.6 is 0 Å². The maximum absolute atomic E-state index is 10.8. The van der Waals surface area contributed by atoms with Gasteiger partial charge in [-0.25, -0.2) is 0 Å². The Bertz CT molecular complexity index is 202. The number of hydrogen-bond acceptors (Lipinski definition) is 3. The summed E-state index contributed by atoms with van der Waals surface area (Å²) in [6, 6.07) is 0. The van der Waals surface area contributed by atoms with Crippen molar-refractivity contribution in [2.24, 2.45) is 11.8 Å². The maximum atomic E-state index is 10.8. The zero-order valence-corrected chi connectivity index (χ0v) is 7.60. The van der Waals surface area contributed by atoms with Gasteiger partial charge in [-0.2, -0.15) is 0 Å². The van der Waals surface area contributed by atoms with Gasteiger partial charge in [-0.1, -0.05) is 0 Å². The number of carboxylic acid groups (broad SMARTS) is 1. The average molecular weight is 186 g/mol. The summed E-state index contributed by atoms with van der Waals surface area (Å²) in [4.78, 5) is 21.5. The molecule has 0 aromatic carbocycles. The minimum Gasteiger partial charge on any atom is -0.481 e. The highest BCUT2D eigenvalue weighted by Gasteiger charge is 2.37. The zero-order chi connectivity index (χ0) is 9.84. The summed E-state index contributed by atoms with van der Waals surface area (Å²) in [5, 5.41) is 8.84. The summed E-state index contributed by atoms with van der Waals surface area (Å²) >= 11 is 0. The Morgan fingerprint density at radius 1 is 1.54 bits per heavy atom. The Morgan fingerprint density at radius 3 is 2.69 bits per heavy atom. The molecule has 0 spiro atoms. The number of rotatable bonds is 3. The van der Waals surface area contributed by atoms with Gasteiger partial charge < -0.3 is 14.6 Å². The first-order valence-corrected chi connectivity index (χ1v) is 4.41. The van der Waals surface area contributed by atoms with Crippen LogP contribution in [0.3, 0.4) is 0 Å². The van der Waals surface area contributed by atoms with Crippen LogP contribution in [0.15, 0.2) is 0 Å². The molecule has 0 saturated heterocycles. The van der Waals surface area contributed by atoms with Crippen LogP contribution < -0.4 is 0 Å². The molecule has 1 N–H and O–H groups in total. The lowest BCUT2D eigenvalue weighted by molar-refractivity contribution is -0.150. The lowest BCUT2D eigenvalue weighted by Crippen LogP contribution is -2.38. The molecule has 0 aliphatic heterocycles. The van der Waals surface area contributed by atoms with E-state index in [2.05, 4.69) is 0 Å². The van der Waals surface area contributed by atoms with Gasteiger partial charge in [0, 0.05) is 7.11 Å². The number of carbonyl (C=O) groups is 2. The fraction of sp³-hybridized carbons (Fsp3) is 0.778. The van der Waals surface area contributed by atoms with Crippen molar-refractivity contribution in [2.45, 2.75) is 25.4 Å². The number of hydrogen-bond donors (Lipinski definition) is 1. The number of carboxylic acids is 1. The molecular formula is C9H14O4. The maximum Gasteiger partial charge on any atom is 0.307 e. The summed E-state index contributed by atoms with van der Waals surface area (Å²) in [5.74, 6) is -1.92. The van der Waals surface area contributed by atoms with E-state index in [0.29, 0.717) is 12.7 Å². The first-order chi connectivity index (χ1) is 6.20. The monoisotopic (exact) mass is 186 g/mol. The number of aliphatic carboxylic acids is 1. The quantitative estimate of drug-likeness (QED) is 0.659. The van der Waals surface area contributed by atoms with E-state index < -0.39 is 17.8 Å². The van der Waals surface area contributed by atoms with E-state index in [1.807, 2.05) is 0 Å². The Morgan fingerprint density at radius 2 is 2.23 bits per heavy atom. The molecular weight excluding hydrogens is 172 g/mol. The van der Waals surface area contributed by atoms with E-state index in [9.17, 15) is 9.59 Å². The molecule has 0 heterocycles. The molecule has 1 aliphatic rings. The van der Waals surface area contributed by atoms with Crippen LogP contribution in [0.2, 0.25) is 0 Å². The predicted molar refractivity (Wildman–Crippen MR) is 45.3 cm³/mol. The molecule has 1 rings (SSSR count). The first kappa shape index (κ1) is 10.2. The van der Waals surface area contributed by atoms with Gasteiger partial charge in [0.1, 0.15) is 6.29 Å². The minimum atomic E-state index is -0.890. The van der Waals surface area contributed by atoms with Gasteiger partial charge in [-0.3, -0.25) is 4.79 Å². The zero-order valence-electron chi connectivity index (χ0n) is 7.60. The standard InChI is InChI=1S/C9H14O4/c1-13-8-4-2-3-6(9(11)12)7(8)5-10/h5-8H,2-4H2,1H3,(H,11,12). The molecule has 4 heteroatoms. The molecule has 3 atom stereocenters. The van der Waals surface area contributed by atoms with E-state index in [-0.39, 0.29) is 6.10 Å². The van der Waals surface area contributed by atoms with E-state index in [1.54, 1.807) is 0 Å². The van der Waals surface area contributed by atoms with Crippen LogP contribution in [0.4, 0.5) is 0 Å². The van der Waals surface area contributed by atoms with Gasteiger partial charge in [0.05, 0.1) is 17.9 Å². The first-order valence-electron chi connectivity index (χ1n) is 4.41. The lowest BCUT2D eigenvalue weighted by atomic mass is 9.78. The fourth-order valence-electron chi connectivity index (χ4n) is 1.93. The largest absolute Gasteiger partial charge is 0.481 e. The number of ether oxygens (including phenoxy) is 1. The molecule has 13 heavy (non-hydrogen) atoms. The summed E-state index contributed by atoms with van der Waals surface area (Å²) in [6.07, 6.45) is 2.68. The highest BCUT2D eigenvalue weighted by Crippen LogP contribution is 2.30. The van der Waals surface area contributed by atoms with Crippen molar-refractivity contribution < 1.29 is 19.4 Å². The van der Waals surface area contributed by atoms with Gasteiger partial charge >= 0.3 is 5.97 Å². The molecule has 0 aromatic rings. The van der Waals surface area contributed by atoms with Gasteiger partial charge in [0.25, 0.3) is 0 Å². The van der Waals surface area contributed by atoms with Gasteiger partial charge in [-0.15, -0.1) is 0 Å². The molecule has 1 saturated carbocycles. The Labute approximate surface area is 76.9 Å². The van der Waals surface area contributed by atoms with Crippen LogP contribution in [0.5, 0.6) is 0 Å². The molecule has 4 nitrogen and oxygen atoms in total. The molecule has 1 fully saturated rings. The average Bonchev–Trinajstić information content (AvgIpc) is 2.16. The fourth-order valence-corrected chi connectivity index (χ4v) is 1.93. The SMILES string of the molecule is COC1CCCC(C(=O)O)C1C=O. The third-order valence-corrected chi connectivity index (χ3v) is 2.67. The van der Waals surface area contributed by atoms with E-state index in [4.69, 9.17) is 9.84 Å². The van der Waals surface area contributed by atoms with Gasteiger partial charge in [0.15, 0.2) is 0 Å². The molecule has 0 aromatic heterocycles. The molecule has 1 aliphatic carbocycles. The van der Waals surface area contributed by atoms with E-state index >= 15 is 0 Å². The Balaban J connectivity index is 2.72. The van der Waals surface area contributed by atoms with Crippen LogP contribution in [-0.4, -0.2) is 30.6 Å². The topological polar surface area (TPSA) is 63.6 Å². The van der Waals surface area contributed by atoms with Crippen LogP contribution in [-0.2, 0) is 14.3 Å². The minimum absolute atomic E-state index is 0.215. The summed E-state index contributed by atoms with van der Waals surface area (Å²) in [7, 11) is 1.52. The van der Waals surface area contributed by atoms with Crippen molar-refractivity contribution >= 4 is 12.3 Å². The molecule has 3 unspecified atom stereocenters. The van der Waals surface area contributed by atoms with E-state index in [1.165, 1.54) is 7.11 Å². The number of carbonyl (C=O) groups excluding carboxylic acids is 1. The van der Waals surface area contributed by atoms with Crippen molar-refractivity contribution in [1.29, 1.82) is 0 Å². The Kier molecular flexibility index (Phi) is 3.42. The van der Waals surface area contributed by atoms with Gasteiger partial charge in [0.2, 0.25) is 0 Å². The normalized spacial score (nSPS) is 34.1. The van der Waals surface area contributed by atoms with Crippen LogP contribution in [0, 0.1) is 11.8 Å². The van der Waals surface area contributed by atoms with E-state index in [0.717, 1.165) is 12.8 Å². The van der Waals surface area contributed by atoms with Crippen molar-refractivity contribution in [2.75, 3.05) is 7.11 Å². The second-order valence-corrected chi connectivity index (χ2v) is 3.36. The predicted octanol–water partition coefficient (Wildman–Crippen LogP) is 0.701. The van der Waals surface area contributed by atoms with Crippen LogP contribution in [0.1, 0.15) is 19.3 Å². The lowest BCUT2D eigenvalue weighted by Gasteiger charge is -2.31. The highest BCUT2D eigenvalue weighted by molar-refractivity contribution is 5.75. The van der Waals surface area contributed by atoms with Crippen LogP contribution in [0.25, 0.3) is 0 Å². The highest BCUT2D eigenvalue weighted by atomic mass is 16.5. The smallest absolute Gasteiger partial charge is 0.307 e. The van der Waals surface area contributed by atoms with Crippen molar-refractivity contribution in [3.05, 3.63) is 0 Å². The third-order valence-electron chi connectivity index (χ3n) is 2.67. The van der Waals surface area contributed by atoms with Crippen molar-refractivity contribution in [1.82, 2.24) is 0 Å². The summed E-state index contributed by atoms with van der Waals surface area (Å²) < 4.78 is 5.08. The number of aldehydes is 1. The van der Waals surface area contributed by atoms with Gasteiger partial charge in [-0.05, 0) is 19.3 Å².